The van der Waals surface area contributed by atoms with E-state index in [0.717, 1.165) is 68.6 Å². The first-order valence-corrected chi connectivity index (χ1v) is 20.6. The summed E-state index contributed by atoms with van der Waals surface area (Å²) in [6.45, 7) is 16.3. The van der Waals surface area contributed by atoms with Gasteiger partial charge < -0.3 is 24.4 Å². The summed E-state index contributed by atoms with van der Waals surface area (Å²) < 4.78 is 7.50. The van der Waals surface area contributed by atoms with Gasteiger partial charge in [0.05, 0.1) is 17.6 Å². The number of hydrogen-bond acceptors (Lipinski definition) is 5. The maximum Gasteiger partial charge on any atom is 0.315 e. The fraction of sp³-hybridized carbons (Fsp3) is 0.905. The molecule has 0 aromatic carbocycles. The summed E-state index contributed by atoms with van der Waals surface area (Å²) >= 11 is 0. The van der Waals surface area contributed by atoms with Gasteiger partial charge in [-0.05, 0) is 137 Å². The summed E-state index contributed by atoms with van der Waals surface area (Å²) in [6, 6.07) is 0. The molecule has 8 rings (SSSR count). The lowest BCUT2D eigenvalue weighted by molar-refractivity contribution is -0.197. The fourth-order valence-corrected chi connectivity index (χ4v) is 14.3. The summed E-state index contributed by atoms with van der Waals surface area (Å²) in [5.74, 6) is 3.63. The lowest BCUT2D eigenvalue weighted by atomic mass is 9.41. The first-order chi connectivity index (χ1) is 23.1. The van der Waals surface area contributed by atoms with Crippen LogP contribution in [0.5, 0.6) is 0 Å². The molecule has 10 atom stereocenters. The van der Waals surface area contributed by atoms with Crippen LogP contribution in [-0.4, -0.2) is 78.6 Å². The Morgan fingerprint density at radius 2 is 1.62 bits per heavy atom. The molecule has 0 aromatic rings. The van der Waals surface area contributed by atoms with Crippen LogP contribution < -0.4 is 0 Å². The normalized spacial score (nSPS) is 45.7. The number of allylic oxidation sites excluding steroid dienone is 1. The van der Waals surface area contributed by atoms with Crippen molar-refractivity contribution in [2.75, 3.05) is 39.3 Å². The number of nitrogens with zero attached hydrogens (tertiary/aromatic N) is 2. The van der Waals surface area contributed by atoms with Gasteiger partial charge in [-0.2, -0.15) is 0 Å². The largest absolute Gasteiger partial charge is 0.481 e. The van der Waals surface area contributed by atoms with E-state index >= 15 is 0 Å². The number of carboxylic acids is 1. The summed E-state index contributed by atoms with van der Waals surface area (Å²) in [5.41, 5.74) is -1.39. The molecule has 6 heteroatoms. The highest BCUT2D eigenvalue weighted by molar-refractivity contribution is 5.90. The van der Waals surface area contributed by atoms with E-state index in [0.29, 0.717) is 24.2 Å². The second-order valence-corrected chi connectivity index (χ2v) is 19.1. The third-order valence-corrected chi connectivity index (χ3v) is 16.6. The molecule has 8 aliphatic rings. The standard InChI is InChI=1S/C42H66N2O4/c1-27(2)36-21-33-22-40(26-45)35-10-9-29(4)34(35)23-41(33,42(36,40)39(46)47)38-20-32(19-30-7-5-6-8-30)37(48-38)25-44-17-13-31(14-18-44)24-43-15-11-28(3)12-16-43/h21,26-35,37-38H,5-20,22-25H2,1-4H3,(H,46,47)/t29-,32-,33?,34-,35-,37+,38-,40?,41?,42+/m1/s1. The molecule has 4 saturated carbocycles. The van der Waals surface area contributed by atoms with Gasteiger partial charge in [0.15, 0.2) is 0 Å². The van der Waals surface area contributed by atoms with Gasteiger partial charge in [-0.25, -0.2) is 0 Å². The zero-order valence-corrected chi connectivity index (χ0v) is 30.7. The maximum atomic E-state index is 14.2. The number of hydrogen-bond donors (Lipinski definition) is 1. The zero-order chi connectivity index (χ0) is 33.4. The van der Waals surface area contributed by atoms with Crippen LogP contribution in [0.4, 0.5) is 0 Å². The Kier molecular flexibility index (Phi) is 9.01. The summed E-state index contributed by atoms with van der Waals surface area (Å²) in [4.78, 5) is 33.3. The Balaban J connectivity index is 1.07. The average Bonchev–Trinajstić information content (AvgIpc) is 3.89. The number of fused-ring (bicyclic) bond motifs is 2. The molecule has 3 unspecified atom stereocenters. The molecule has 1 N–H and O–H groups in total. The highest BCUT2D eigenvalue weighted by Crippen LogP contribution is 2.84. The number of likely N-dealkylation sites (tertiary alicyclic amines) is 2. The van der Waals surface area contributed by atoms with E-state index in [2.05, 4.69) is 43.6 Å². The number of carboxylic acid groups (broad SMARTS) is 1. The molecule has 268 valence electrons. The number of aldehydes is 1. The van der Waals surface area contributed by atoms with E-state index in [-0.39, 0.29) is 30.0 Å². The van der Waals surface area contributed by atoms with E-state index in [4.69, 9.17) is 4.74 Å². The van der Waals surface area contributed by atoms with Crippen LogP contribution in [0.3, 0.4) is 0 Å². The minimum atomic E-state index is -1.13. The van der Waals surface area contributed by atoms with Crippen molar-refractivity contribution in [3.8, 4) is 0 Å². The average molecular weight is 663 g/mol. The minimum Gasteiger partial charge on any atom is -0.481 e. The third-order valence-electron chi connectivity index (χ3n) is 16.6. The van der Waals surface area contributed by atoms with Crippen molar-refractivity contribution in [2.45, 2.75) is 130 Å². The Morgan fingerprint density at radius 3 is 2.29 bits per heavy atom. The van der Waals surface area contributed by atoms with Crippen molar-refractivity contribution in [3.63, 3.8) is 0 Å². The lowest BCUT2D eigenvalue weighted by Crippen LogP contribution is -2.65. The van der Waals surface area contributed by atoms with E-state index in [1.165, 1.54) is 83.7 Å². The van der Waals surface area contributed by atoms with Crippen molar-refractivity contribution in [3.05, 3.63) is 11.6 Å². The predicted molar refractivity (Wildman–Crippen MR) is 189 cm³/mol. The number of aliphatic carboxylic acids is 1. The molecule has 4 bridgehead atoms. The van der Waals surface area contributed by atoms with Gasteiger partial charge in [-0.1, -0.05) is 71.4 Å². The van der Waals surface area contributed by atoms with E-state index in [1.54, 1.807) is 0 Å². The highest BCUT2D eigenvalue weighted by atomic mass is 16.5. The number of carbonyl (C=O) groups is 2. The minimum absolute atomic E-state index is 0.0860. The van der Waals surface area contributed by atoms with Crippen molar-refractivity contribution in [1.82, 2.24) is 9.80 Å². The molecule has 0 radical (unpaired) electrons. The van der Waals surface area contributed by atoms with Crippen LogP contribution in [0.15, 0.2) is 11.6 Å². The van der Waals surface area contributed by atoms with Crippen molar-refractivity contribution >= 4 is 12.3 Å². The van der Waals surface area contributed by atoms with Crippen molar-refractivity contribution in [1.29, 1.82) is 0 Å². The van der Waals surface area contributed by atoms with Gasteiger partial charge in [0.1, 0.15) is 11.7 Å². The second kappa shape index (κ2) is 12.8. The molecule has 0 spiro atoms. The lowest BCUT2D eigenvalue weighted by Gasteiger charge is -2.60. The molecule has 7 fully saturated rings. The van der Waals surface area contributed by atoms with Crippen LogP contribution in [0, 0.1) is 69.5 Å². The third kappa shape index (κ3) is 4.94. The molecule has 3 aliphatic heterocycles. The Hall–Kier alpha value is -1.24. The molecule has 0 aromatic heterocycles. The van der Waals surface area contributed by atoms with Crippen LogP contribution in [0.25, 0.3) is 0 Å². The Bertz CT molecular complexity index is 1240. The summed E-state index contributed by atoms with van der Waals surface area (Å²) in [6.07, 6.45) is 20.3. The van der Waals surface area contributed by atoms with Crippen LogP contribution in [0.1, 0.15) is 118 Å². The topological polar surface area (TPSA) is 70.1 Å². The number of ether oxygens (including phenoxy) is 1. The highest BCUT2D eigenvalue weighted by Gasteiger charge is 2.86. The molecule has 48 heavy (non-hydrogen) atoms. The zero-order valence-electron chi connectivity index (χ0n) is 30.7. The van der Waals surface area contributed by atoms with Crippen LogP contribution >= 0.6 is 0 Å². The van der Waals surface area contributed by atoms with Gasteiger partial charge in [-0.3, -0.25) is 4.79 Å². The van der Waals surface area contributed by atoms with E-state index in [1.807, 2.05) is 0 Å². The maximum absolute atomic E-state index is 14.2. The molecule has 3 saturated heterocycles. The van der Waals surface area contributed by atoms with Crippen LogP contribution in [0.2, 0.25) is 0 Å². The van der Waals surface area contributed by atoms with Crippen molar-refractivity contribution < 1.29 is 19.4 Å². The predicted octanol–water partition coefficient (Wildman–Crippen LogP) is 7.71. The van der Waals surface area contributed by atoms with E-state index < -0.39 is 22.2 Å². The van der Waals surface area contributed by atoms with Gasteiger partial charge in [0.25, 0.3) is 0 Å². The number of piperidine rings is 2. The fourth-order valence-electron chi connectivity index (χ4n) is 14.3. The number of carbonyl (C=O) groups excluding carboxylic acids is 1. The molecular weight excluding hydrogens is 596 g/mol. The first kappa shape index (κ1) is 33.9. The summed E-state index contributed by atoms with van der Waals surface area (Å²) in [5, 5.41) is 11.6. The number of rotatable bonds is 10. The first-order valence-electron chi connectivity index (χ1n) is 20.6. The van der Waals surface area contributed by atoms with Crippen LogP contribution in [-0.2, 0) is 14.3 Å². The van der Waals surface area contributed by atoms with Crippen molar-refractivity contribution in [2.24, 2.45) is 69.5 Å². The SMILES string of the molecule is CC1CCN(CC2CCN(C[C@@H]3O[C@@H](C45C[C@@H]6[C@H](C)CC[C@H]6C6(C=O)CC4C=C(C(C)C)[C@]65C(=O)O)C[C@H]3CC3CCCC3)CC2)CC1. The van der Waals surface area contributed by atoms with E-state index in [9.17, 15) is 14.7 Å². The van der Waals surface area contributed by atoms with Gasteiger partial charge in [0, 0.05) is 18.5 Å². The molecule has 0 amide bonds. The molecule has 3 heterocycles. The van der Waals surface area contributed by atoms with Gasteiger partial charge >= 0.3 is 5.97 Å². The van der Waals surface area contributed by atoms with Gasteiger partial charge in [-0.15, -0.1) is 0 Å². The quantitative estimate of drug-likeness (QED) is 0.191. The monoisotopic (exact) mass is 663 g/mol. The van der Waals surface area contributed by atoms with Gasteiger partial charge in [0.2, 0.25) is 0 Å². The second-order valence-electron chi connectivity index (χ2n) is 19.1. The Morgan fingerprint density at radius 1 is 0.938 bits per heavy atom. The molecule has 6 nitrogen and oxygen atoms in total. The molecular formula is C42H66N2O4. The Labute approximate surface area is 291 Å². The smallest absolute Gasteiger partial charge is 0.315 e. The molecule has 5 aliphatic carbocycles. The summed E-state index contributed by atoms with van der Waals surface area (Å²) in [7, 11) is 0.